The molecule has 15 rings (SSSR count). The maximum atomic E-state index is 6.96. The number of fused-ring (bicyclic) bond motifs is 7. The van der Waals surface area contributed by atoms with Gasteiger partial charge in [0.25, 0.3) is 0 Å². The first kappa shape index (κ1) is 36.2. The van der Waals surface area contributed by atoms with Gasteiger partial charge in [-0.1, -0.05) is 140 Å². The van der Waals surface area contributed by atoms with E-state index in [0.717, 1.165) is 79.5 Å². The third-order valence-electron chi connectivity index (χ3n) is 15.5. The molecule has 4 nitrogen and oxygen atoms in total. The van der Waals surface area contributed by atoms with Crippen LogP contribution in [-0.4, -0.2) is 9.97 Å². The molecular formula is C60H44N2O2. The van der Waals surface area contributed by atoms with Gasteiger partial charge in [-0.2, -0.15) is 0 Å². The topological polar surface area (TPSA) is 44.2 Å². The number of rotatable bonds is 5. The molecule has 9 aromatic rings. The molecule has 1 aromatic heterocycles. The zero-order chi connectivity index (χ0) is 41.9. The summed E-state index contributed by atoms with van der Waals surface area (Å²) in [5.41, 5.74) is 16.4. The van der Waals surface area contributed by atoms with Crippen LogP contribution in [0.1, 0.15) is 43.2 Å². The van der Waals surface area contributed by atoms with Crippen molar-refractivity contribution in [2.45, 2.75) is 37.5 Å². The van der Waals surface area contributed by atoms with E-state index in [1.165, 1.54) is 76.6 Å². The van der Waals surface area contributed by atoms with Crippen molar-refractivity contribution in [3.63, 3.8) is 0 Å². The van der Waals surface area contributed by atoms with Gasteiger partial charge < -0.3 is 9.47 Å². The third kappa shape index (κ3) is 5.41. The fourth-order valence-corrected chi connectivity index (χ4v) is 13.0. The predicted molar refractivity (Wildman–Crippen MR) is 257 cm³/mol. The first-order chi connectivity index (χ1) is 31.6. The molecule has 0 amide bonds. The van der Waals surface area contributed by atoms with Gasteiger partial charge >= 0.3 is 0 Å². The Morgan fingerprint density at radius 1 is 0.406 bits per heavy atom. The summed E-state index contributed by atoms with van der Waals surface area (Å²) < 4.78 is 13.6. The van der Waals surface area contributed by atoms with Crippen LogP contribution in [0.5, 0.6) is 23.0 Å². The van der Waals surface area contributed by atoms with Gasteiger partial charge in [-0.3, -0.25) is 0 Å². The Kier molecular flexibility index (Phi) is 7.84. The lowest BCUT2D eigenvalue weighted by molar-refractivity contribution is -0.0406. The van der Waals surface area contributed by atoms with Crippen LogP contribution >= 0.6 is 0 Å². The number of para-hydroxylation sites is 2. The highest BCUT2D eigenvalue weighted by Gasteiger charge is 2.63. The molecular weight excluding hydrogens is 781 g/mol. The summed E-state index contributed by atoms with van der Waals surface area (Å²) in [6.07, 6.45) is 6.54. The van der Waals surface area contributed by atoms with Gasteiger partial charge in [0.15, 0.2) is 28.8 Å². The van der Waals surface area contributed by atoms with Crippen LogP contribution < -0.4 is 9.47 Å². The second-order valence-corrected chi connectivity index (χ2v) is 18.9. The molecule has 1 spiro atoms. The monoisotopic (exact) mass is 824 g/mol. The Hall–Kier alpha value is -7.30. The van der Waals surface area contributed by atoms with Crippen molar-refractivity contribution in [1.29, 1.82) is 0 Å². The van der Waals surface area contributed by atoms with Crippen molar-refractivity contribution in [1.82, 2.24) is 9.97 Å². The van der Waals surface area contributed by atoms with Gasteiger partial charge in [-0.25, -0.2) is 9.97 Å². The van der Waals surface area contributed by atoms with Crippen LogP contribution in [0.25, 0.3) is 78.1 Å². The summed E-state index contributed by atoms with van der Waals surface area (Å²) in [5, 5.41) is 1.04. The Labute approximate surface area is 373 Å². The zero-order valence-corrected chi connectivity index (χ0v) is 35.4. The Morgan fingerprint density at radius 2 is 0.969 bits per heavy atom. The van der Waals surface area contributed by atoms with Crippen molar-refractivity contribution in [3.05, 3.63) is 193 Å². The van der Waals surface area contributed by atoms with Crippen LogP contribution in [-0.2, 0) is 5.41 Å². The molecule has 0 saturated heterocycles. The number of hydrogen-bond acceptors (Lipinski definition) is 4. The van der Waals surface area contributed by atoms with Gasteiger partial charge in [0, 0.05) is 27.5 Å². The number of aromatic nitrogens is 2. The molecule has 0 N–H and O–H groups in total. The van der Waals surface area contributed by atoms with Crippen molar-refractivity contribution >= 4 is 10.9 Å². The molecule has 0 unspecified atom stereocenters. The maximum absolute atomic E-state index is 6.96. The van der Waals surface area contributed by atoms with Crippen molar-refractivity contribution in [2.24, 2.45) is 23.7 Å². The molecule has 8 aromatic carbocycles. The zero-order valence-electron chi connectivity index (χ0n) is 35.4. The minimum atomic E-state index is -0.121. The quantitative estimate of drug-likeness (QED) is 0.173. The van der Waals surface area contributed by atoms with Crippen molar-refractivity contribution < 1.29 is 9.47 Å². The number of hydrogen-bond donors (Lipinski definition) is 0. The predicted octanol–water partition coefficient (Wildman–Crippen LogP) is 15.6. The molecule has 4 bridgehead atoms. The highest BCUT2D eigenvalue weighted by atomic mass is 16.6. The van der Waals surface area contributed by atoms with E-state index >= 15 is 0 Å². The summed E-state index contributed by atoms with van der Waals surface area (Å²) in [7, 11) is 0. The van der Waals surface area contributed by atoms with Gasteiger partial charge in [-0.05, 0) is 148 Å². The molecule has 4 saturated carbocycles. The fraction of sp³-hybridized carbons (Fsp3) is 0.167. The highest BCUT2D eigenvalue weighted by molar-refractivity contribution is 5.97. The van der Waals surface area contributed by atoms with Gasteiger partial charge in [0.1, 0.15) is 0 Å². The summed E-state index contributed by atoms with van der Waals surface area (Å²) in [4.78, 5) is 10.7. The van der Waals surface area contributed by atoms with Crippen LogP contribution in [0, 0.1) is 23.7 Å². The first-order valence-corrected chi connectivity index (χ1v) is 23.0. The van der Waals surface area contributed by atoms with Gasteiger partial charge in [0.05, 0.1) is 11.2 Å². The summed E-state index contributed by atoms with van der Waals surface area (Å²) in [6.45, 7) is 0. The summed E-state index contributed by atoms with van der Waals surface area (Å²) in [5.74, 6) is 6.86. The largest absolute Gasteiger partial charge is 0.450 e. The van der Waals surface area contributed by atoms with E-state index in [4.69, 9.17) is 19.4 Å². The second-order valence-electron chi connectivity index (χ2n) is 18.9. The first-order valence-electron chi connectivity index (χ1n) is 23.0. The van der Waals surface area contributed by atoms with Crippen molar-refractivity contribution in [3.8, 4) is 90.2 Å². The maximum Gasteiger partial charge on any atom is 0.174 e. The smallest absolute Gasteiger partial charge is 0.174 e. The number of nitrogens with zero attached hydrogens (tertiary/aromatic N) is 2. The summed E-state index contributed by atoms with van der Waals surface area (Å²) in [6, 6.07) is 65.3. The lowest BCUT2D eigenvalue weighted by atomic mass is 9.43. The van der Waals surface area contributed by atoms with Gasteiger partial charge in [0.2, 0.25) is 0 Å². The highest BCUT2D eigenvalue weighted by Crippen LogP contribution is 2.72. The normalized spacial score (nSPS) is 21.8. The number of benzene rings is 8. The SMILES string of the molecule is c1ccc(-c2ccc(-c3nc(-c4cccc(-c5ccccc5)c4)c4ccc(-c5ccc6c(c5)C5(c7c-6ccc6c7Oc7ccccc7O6)C6CC7CC(C6)CC5C7)cc4n3)cc2)cc1. The van der Waals surface area contributed by atoms with Crippen LogP contribution in [0.4, 0.5) is 0 Å². The van der Waals surface area contributed by atoms with E-state index in [-0.39, 0.29) is 5.41 Å². The lowest BCUT2D eigenvalue weighted by Gasteiger charge is -2.61. The minimum Gasteiger partial charge on any atom is -0.450 e. The van der Waals surface area contributed by atoms with Crippen LogP contribution in [0.15, 0.2) is 182 Å². The van der Waals surface area contributed by atoms with Crippen molar-refractivity contribution in [2.75, 3.05) is 0 Å². The molecule has 4 heteroatoms. The van der Waals surface area contributed by atoms with E-state index in [1.54, 1.807) is 0 Å². The average molecular weight is 825 g/mol. The van der Waals surface area contributed by atoms with E-state index < -0.39 is 0 Å². The van der Waals surface area contributed by atoms with E-state index in [1.807, 2.05) is 24.3 Å². The molecule has 306 valence electrons. The summed E-state index contributed by atoms with van der Waals surface area (Å²) >= 11 is 0. The Bertz CT molecular complexity index is 3310. The molecule has 6 aliphatic rings. The molecule has 4 fully saturated rings. The van der Waals surface area contributed by atoms with E-state index in [2.05, 4.69) is 158 Å². The van der Waals surface area contributed by atoms with E-state index in [9.17, 15) is 0 Å². The molecule has 2 heterocycles. The minimum absolute atomic E-state index is 0.121. The molecule has 5 aliphatic carbocycles. The second kappa shape index (κ2) is 13.8. The molecule has 1 aliphatic heterocycles. The number of ether oxygens (including phenoxy) is 2. The standard InChI is InChI=1S/C60H44N2O2/c1-3-10-38(11-4-1)40-18-20-41(21-19-40)59-61-52-35-44(23-25-50(52)57(62-59)45-15-9-14-42(33-45)39-12-5-2-6-13-39)43-22-24-48-49-26-27-55-58(64-54-17-8-7-16-53(54)63-55)56(49)60(51(48)34-43)46-29-36-28-37(31-46)32-47(60)30-36/h1-27,33-37,46-47H,28-32H2. The van der Waals surface area contributed by atoms with Gasteiger partial charge in [-0.15, -0.1) is 0 Å². The van der Waals surface area contributed by atoms with Crippen LogP contribution in [0.2, 0.25) is 0 Å². The van der Waals surface area contributed by atoms with E-state index in [0.29, 0.717) is 11.8 Å². The average Bonchev–Trinajstić information content (AvgIpc) is 3.65. The van der Waals surface area contributed by atoms with Crippen LogP contribution in [0.3, 0.4) is 0 Å². The lowest BCUT2D eigenvalue weighted by Crippen LogP contribution is -2.55. The molecule has 64 heavy (non-hydrogen) atoms. The fourth-order valence-electron chi connectivity index (χ4n) is 13.0. The molecule has 0 atom stereocenters. The Morgan fingerprint density at radius 3 is 1.72 bits per heavy atom. The third-order valence-corrected chi connectivity index (χ3v) is 15.5. The Balaban J connectivity index is 0.926. The molecule has 0 radical (unpaired) electrons.